The summed E-state index contributed by atoms with van der Waals surface area (Å²) in [6.45, 7) is 0. The normalized spacial score (nSPS) is 5.33. The fourth-order valence-electron chi connectivity index (χ4n) is 0. The van der Waals surface area contributed by atoms with E-state index in [2.05, 4.69) is 0 Å². The van der Waals surface area contributed by atoms with Crippen molar-refractivity contribution < 1.29 is 17.5 Å². The van der Waals surface area contributed by atoms with E-state index in [1.54, 1.807) is 0 Å². The third-order valence-corrected chi connectivity index (χ3v) is 0.101. The molecule has 0 aromatic heterocycles. The topological polar surface area (TPSA) is 54.4 Å². The van der Waals surface area contributed by atoms with E-state index >= 15 is 0 Å². The van der Waals surface area contributed by atoms with Gasteiger partial charge in [0.2, 0.25) is 6.29 Å². The van der Waals surface area contributed by atoms with Gasteiger partial charge in [0.1, 0.15) is 0 Å². The summed E-state index contributed by atoms with van der Waals surface area (Å²) in [6, 6.07) is 0. The number of carboxylic acids is 1. The van der Waals surface area contributed by atoms with Gasteiger partial charge in [0.25, 0.3) is 0 Å². The third-order valence-electron chi connectivity index (χ3n) is 0.101. The second-order valence-corrected chi connectivity index (χ2v) is 0.456. The fraction of sp³-hybridized carbons (Fsp3) is 0. The molecule has 0 amide bonds. The van der Waals surface area contributed by atoms with Crippen molar-refractivity contribution in [1.82, 2.24) is 0 Å². The number of hydrogen-bond acceptors (Lipinski definition) is 2. The molecule has 0 bridgehead atoms. The molecule has 0 saturated heterocycles. The summed E-state index contributed by atoms with van der Waals surface area (Å²) in [4.78, 5) is 17.9. The van der Waals surface area contributed by atoms with E-state index < -0.39 is 5.97 Å². The molecule has 0 saturated carbocycles. The molecule has 0 aromatic carbocycles. The molecule has 0 heterocycles. The number of hydrogen-bond donors (Lipinski definition) is 1. The molecule has 6 heavy (non-hydrogen) atoms. The summed E-state index contributed by atoms with van der Waals surface area (Å²) in [6.07, 6.45) is -0.167. The molecule has 0 rings (SSSR count). The van der Waals surface area contributed by atoms with Gasteiger partial charge >= 0.3 is 43.7 Å². The van der Waals surface area contributed by atoms with Crippen LogP contribution in [0.4, 0.5) is 0 Å². The van der Waals surface area contributed by atoms with E-state index in [9.17, 15) is 0 Å². The molecular formula is C2H4CaO3. The summed E-state index contributed by atoms with van der Waals surface area (Å²) < 4.78 is 0. The molecule has 0 aliphatic rings. The third kappa shape index (κ3) is 8.83. The van der Waals surface area contributed by atoms with Crippen molar-refractivity contribution in [2.24, 2.45) is 0 Å². The smallest absolute Gasteiger partial charge is 1.00 e. The van der Waals surface area contributed by atoms with Crippen LogP contribution in [0.3, 0.4) is 0 Å². The fourth-order valence-corrected chi connectivity index (χ4v) is 0. The van der Waals surface area contributed by atoms with Crippen molar-refractivity contribution in [2.45, 2.75) is 0 Å². The summed E-state index contributed by atoms with van der Waals surface area (Å²) in [5, 5.41) is 7.35. The second-order valence-electron chi connectivity index (χ2n) is 0.456. The first-order chi connectivity index (χ1) is 2.27. The van der Waals surface area contributed by atoms with Gasteiger partial charge in [0.15, 0.2) is 0 Å². The largest absolute Gasteiger partial charge is 2.00 e. The first kappa shape index (κ1) is 9.64. The molecule has 0 atom stereocenters. The first-order valence-corrected chi connectivity index (χ1v) is 0.952. The molecule has 1 N–H and O–H groups in total. The van der Waals surface area contributed by atoms with Gasteiger partial charge in [-0.25, -0.2) is 4.79 Å². The molecule has 0 fully saturated rings. The Labute approximate surface area is 67.3 Å². The zero-order chi connectivity index (χ0) is 4.28. The van der Waals surface area contributed by atoms with Gasteiger partial charge in [-0.1, -0.05) is 0 Å². The van der Waals surface area contributed by atoms with E-state index in [4.69, 9.17) is 14.7 Å². The maximum atomic E-state index is 9.00. The number of carboxylic acid groups (broad SMARTS) is 1. The van der Waals surface area contributed by atoms with Crippen molar-refractivity contribution in [1.29, 1.82) is 0 Å². The number of carbonyl (C=O) groups excluding carboxylic acids is 1. The molecule has 0 radical (unpaired) electrons. The summed E-state index contributed by atoms with van der Waals surface area (Å²) in [5.41, 5.74) is 0. The van der Waals surface area contributed by atoms with Gasteiger partial charge in [0.05, 0.1) is 0 Å². The number of rotatable bonds is 1. The maximum Gasteiger partial charge on any atom is 2.00 e. The number of carbonyl (C=O) groups is 2. The van der Waals surface area contributed by atoms with Gasteiger partial charge in [-0.05, 0) is 0 Å². The summed E-state index contributed by atoms with van der Waals surface area (Å²) in [7, 11) is 0. The Morgan fingerprint density at radius 2 is 2.00 bits per heavy atom. The summed E-state index contributed by atoms with van der Waals surface area (Å²) in [5.74, 6) is -1.43. The standard InChI is InChI=1S/C2H2O3.Ca.2H/c3-1-2(4)5;;;/h1H,(H,4,5);;;/q;+2;2*-1. The van der Waals surface area contributed by atoms with Gasteiger partial charge in [0, 0.05) is 0 Å². The monoisotopic (exact) mass is 116 g/mol. The number of aliphatic carboxylic acids is 1. The number of aldehydes is 1. The van der Waals surface area contributed by atoms with E-state index in [0.29, 0.717) is 0 Å². The summed E-state index contributed by atoms with van der Waals surface area (Å²) >= 11 is 0. The molecule has 0 aromatic rings. The predicted octanol–water partition coefficient (Wildman–Crippen LogP) is -0.886. The minimum atomic E-state index is -1.43. The second kappa shape index (κ2) is 5.40. The van der Waals surface area contributed by atoms with Crippen LogP contribution in [0.5, 0.6) is 0 Å². The zero-order valence-electron chi connectivity index (χ0n) is 5.05. The van der Waals surface area contributed by atoms with Crippen molar-refractivity contribution in [3.05, 3.63) is 0 Å². The Morgan fingerprint density at radius 3 is 2.00 bits per heavy atom. The van der Waals surface area contributed by atoms with Crippen LogP contribution in [-0.4, -0.2) is 55.1 Å². The Morgan fingerprint density at radius 1 is 1.83 bits per heavy atom. The van der Waals surface area contributed by atoms with Crippen LogP contribution in [0.15, 0.2) is 0 Å². The Balaban J connectivity index is -0.0000000267. The van der Waals surface area contributed by atoms with Gasteiger partial charge in [-0.2, -0.15) is 0 Å². The van der Waals surface area contributed by atoms with E-state index in [0.717, 1.165) is 0 Å². The van der Waals surface area contributed by atoms with Crippen molar-refractivity contribution in [3.63, 3.8) is 0 Å². The van der Waals surface area contributed by atoms with Crippen molar-refractivity contribution >= 4 is 50.0 Å². The van der Waals surface area contributed by atoms with Gasteiger partial charge in [-0.15, -0.1) is 0 Å². The van der Waals surface area contributed by atoms with Crippen LogP contribution in [0, 0.1) is 0 Å². The molecule has 0 aliphatic heterocycles. The first-order valence-electron chi connectivity index (χ1n) is 0.952. The molecule has 3 nitrogen and oxygen atoms in total. The van der Waals surface area contributed by atoms with Crippen molar-refractivity contribution in [3.8, 4) is 0 Å². The van der Waals surface area contributed by atoms with Crippen LogP contribution < -0.4 is 0 Å². The predicted molar refractivity (Wildman–Crippen MR) is 21.7 cm³/mol. The van der Waals surface area contributed by atoms with Crippen molar-refractivity contribution in [2.75, 3.05) is 0 Å². The van der Waals surface area contributed by atoms with Gasteiger partial charge < -0.3 is 7.96 Å². The quantitative estimate of drug-likeness (QED) is 0.275. The average molecular weight is 116 g/mol. The molecular weight excluding hydrogens is 112 g/mol. The average Bonchev–Trinajstić information content (AvgIpc) is 1.38. The van der Waals surface area contributed by atoms with E-state index in [-0.39, 0.29) is 46.9 Å². The maximum absolute atomic E-state index is 9.00. The van der Waals surface area contributed by atoms with Gasteiger partial charge in [-0.3, -0.25) is 4.79 Å². The van der Waals surface area contributed by atoms with Crippen LogP contribution in [0.2, 0.25) is 0 Å². The Kier molecular flexibility index (Phi) is 8.68. The Bertz CT molecular complexity index is 66.3. The van der Waals surface area contributed by atoms with Crippen LogP contribution in [0.25, 0.3) is 0 Å². The van der Waals surface area contributed by atoms with E-state index in [1.807, 2.05) is 0 Å². The Hall–Kier alpha value is 0.400. The van der Waals surface area contributed by atoms with Crippen LogP contribution >= 0.6 is 0 Å². The molecule has 4 heteroatoms. The molecule has 32 valence electrons. The molecule has 0 aliphatic carbocycles. The minimum Gasteiger partial charge on any atom is -1.00 e. The van der Waals surface area contributed by atoms with Crippen LogP contribution in [-0.2, 0) is 9.59 Å². The molecule has 0 spiro atoms. The van der Waals surface area contributed by atoms with Crippen LogP contribution in [0.1, 0.15) is 2.85 Å². The zero-order valence-corrected chi connectivity index (χ0v) is 5.26. The molecule has 0 unspecified atom stereocenters. The van der Waals surface area contributed by atoms with E-state index in [1.165, 1.54) is 0 Å². The SMILES string of the molecule is O=CC(=O)O.[Ca+2].[H-].[H-]. The minimum absolute atomic E-state index is 0.